The van der Waals surface area contributed by atoms with Crippen LogP contribution in [-0.4, -0.2) is 66.0 Å². The van der Waals surface area contributed by atoms with E-state index in [2.05, 4.69) is 39.3 Å². The van der Waals surface area contributed by atoms with Crippen LogP contribution < -0.4 is 11.2 Å². The number of nitrogen functional groups attached to an aromatic ring is 1. The molecule has 0 bridgehead atoms. The molecule has 11 heteroatoms. The van der Waals surface area contributed by atoms with Crippen LogP contribution in [0.3, 0.4) is 0 Å². The number of nitrogens with zero attached hydrogens (tertiary/aromatic N) is 5. The number of nitrogens with one attached hydrogen (secondary N) is 1. The molecular formula is C15H23N7O4. The van der Waals surface area contributed by atoms with Gasteiger partial charge in [-0.05, 0) is 12.3 Å². The Labute approximate surface area is 149 Å². The van der Waals surface area contributed by atoms with Crippen LogP contribution in [0.1, 0.15) is 26.5 Å². The van der Waals surface area contributed by atoms with Gasteiger partial charge in [-0.15, -0.1) is 0 Å². The van der Waals surface area contributed by atoms with Crippen LogP contribution in [0.2, 0.25) is 0 Å². The third kappa shape index (κ3) is 3.46. The molecule has 3 heterocycles. The Hall–Kier alpha value is -2.34. The van der Waals surface area contributed by atoms with Crippen LogP contribution in [0.5, 0.6) is 0 Å². The number of aliphatic hydroxyl groups excluding tert-OH is 3. The maximum atomic E-state index is 10.2. The van der Waals surface area contributed by atoms with Crippen LogP contribution >= 0.6 is 0 Å². The second-order valence-electron chi connectivity index (χ2n) is 6.54. The van der Waals surface area contributed by atoms with E-state index in [9.17, 15) is 15.3 Å². The molecule has 0 aliphatic carbocycles. The smallest absolute Gasteiger partial charge is 0.247 e. The van der Waals surface area contributed by atoms with Crippen LogP contribution in [0, 0.1) is 5.92 Å². The van der Waals surface area contributed by atoms with E-state index in [-0.39, 0.29) is 11.8 Å². The highest BCUT2D eigenvalue weighted by Crippen LogP contribution is 2.32. The van der Waals surface area contributed by atoms with Crippen molar-refractivity contribution in [3.63, 3.8) is 0 Å². The van der Waals surface area contributed by atoms with E-state index in [4.69, 9.17) is 10.5 Å². The lowest BCUT2D eigenvalue weighted by Gasteiger charge is -2.16. The van der Waals surface area contributed by atoms with Gasteiger partial charge >= 0.3 is 0 Å². The van der Waals surface area contributed by atoms with Gasteiger partial charge in [-0.25, -0.2) is 10.4 Å². The number of hydrogen-bond acceptors (Lipinski definition) is 10. The van der Waals surface area contributed by atoms with Crippen molar-refractivity contribution in [1.82, 2.24) is 19.5 Å². The van der Waals surface area contributed by atoms with E-state index < -0.39 is 31.1 Å². The van der Waals surface area contributed by atoms with E-state index in [1.165, 1.54) is 10.9 Å². The summed E-state index contributed by atoms with van der Waals surface area (Å²) in [4.78, 5) is 12.6. The molecule has 0 saturated carbocycles. The first-order valence-corrected chi connectivity index (χ1v) is 8.32. The van der Waals surface area contributed by atoms with Crippen LogP contribution in [0.25, 0.3) is 11.2 Å². The summed E-state index contributed by atoms with van der Waals surface area (Å²) in [6, 6.07) is 0. The standard InChI is InChI=1S/C15H23N7O4/c1-7(2)3-4-18-21-15-19-12(16)9-13(20-15)22(6-17-9)14-11(25)10(24)8(5-23)26-14/h4,6-8,10-11,14,23-25H,3,5H2,1-2H3,(H3,16,19,20,21)/b18-4-/t8?,10-,11-,14?/m1/s1. The quantitative estimate of drug-likeness (QED) is 0.334. The Balaban J connectivity index is 1.89. The molecule has 6 N–H and O–H groups in total. The maximum Gasteiger partial charge on any atom is 0.247 e. The largest absolute Gasteiger partial charge is 0.394 e. The molecule has 142 valence electrons. The van der Waals surface area contributed by atoms with Crippen molar-refractivity contribution in [3.8, 4) is 0 Å². The predicted molar refractivity (Wildman–Crippen MR) is 94.3 cm³/mol. The summed E-state index contributed by atoms with van der Waals surface area (Å²) < 4.78 is 6.96. The van der Waals surface area contributed by atoms with Gasteiger partial charge in [-0.2, -0.15) is 15.1 Å². The number of rotatable bonds is 6. The number of hydrazone groups is 1. The number of anilines is 2. The summed E-state index contributed by atoms with van der Waals surface area (Å²) in [7, 11) is 0. The van der Waals surface area contributed by atoms with Gasteiger partial charge < -0.3 is 25.8 Å². The number of nitrogens with two attached hydrogens (primary N) is 1. The maximum absolute atomic E-state index is 10.2. The predicted octanol–water partition coefficient (Wildman–Crippen LogP) is -0.536. The Kier molecular flexibility index (Phi) is 5.32. The topological polar surface area (TPSA) is 164 Å². The molecule has 0 radical (unpaired) electrons. The van der Waals surface area contributed by atoms with Gasteiger partial charge in [0.2, 0.25) is 5.95 Å². The minimum Gasteiger partial charge on any atom is -0.394 e. The van der Waals surface area contributed by atoms with E-state index in [1.807, 2.05) is 0 Å². The van der Waals surface area contributed by atoms with Crippen molar-refractivity contribution in [1.29, 1.82) is 0 Å². The average molecular weight is 365 g/mol. The molecule has 11 nitrogen and oxygen atoms in total. The van der Waals surface area contributed by atoms with Crippen molar-refractivity contribution in [2.75, 3.05) is 17.8 Å². The van der Waals surface area contributed by atoms with Gasteiger partial charge in [0.05, 0.1) is 12.9 Å². The lowest BCUT2D eigenvalue weighted by atomic mass is 10.1. The van der Waals surface area contributed by atoms with E-state index in [0.29, 0.717) is 17.1 Å². The van der Waals surface area contributed by atoms with Crippen LogP contribution in [-0.2, 0) is 4.74 Å². The minimum absolute atomic E-state index is 0.141. The molecule has 2 unspecified atom stereocenters. The summed E-state index contributed by atoms with van der Waals surface area (Å²) in [5.74, 6) is 0.785. The Morgan fingerprint density at radius 2 is 2.15 bits per heavy atom. The second-order valence-corrected chi connectivity index (χ2v) is 6.54. The first kappa shape index (κ1) is 18.5. The van der Waals surface area contributed by atoms with Crippen molar-refractivity contribution >= 4 is 29.1 Å². The van der Waals surface area contributed by atoms with Gasteiger partial charge in [-0.3, -0.25) is 4.57 Å². The highest BCUT2D eigenvalue weighted by molar-refractivity contribution is 5.83. The molecule has 1 fully saturated rings. The number of ether oxygens (including phenoxy) is 1. The summed E-state index contributed by atoms with van der Waals surface area (Å²) >= 11 is 0. The molecule has 2 aromatic heterocycles. The van der Waals surface area contributed by atoms with Gasteiger partial charge in [0.1, 0.15) is 23.8 Å². The molecule has 1 aliphatic rings. The monoisotopic (exact) mass is 365 g/mol. The lowest BCUT2D eigenvalue weighted by molar-refractivity contribution is -0.0511. The Morgan fingerprint density at radius 3 is 2.81 bits per heavy atom. The lowest BCUT2D eigenvalue weighted by Crippen LogP contribution is -2.33. The molecule has 26 heavy (non-hydrogen) atoms. The fourth-order valence-electron chi connectivity index (χ4n) is 2.65. The van der Waals surface area contributed by atoms with Crippen LogP contribution in [0.4, 0.5) is 11.8 Å². The number of aliphatic hydroxyl groups is 3. The summed E-state index contributed by atoms with van der Waals surface area (Å²) in [6.45, 7) is 3.73. The molecule has 2 aromatic rings. The Bertz CT molecular complexity index is 794. The summed E-state index contributed by atoms with van der Waals surface area (Å²) in [5.41, 5.74) is 9.29. The molecule has 3 rings (SSSR count). The molecule has 4 atom stereocenters. The molecule has 1 aliphatic heterocycles. The van der Waals surface area contributed by atoms with E-state index >= 15 is 0 Å². The fourth-order valence-corrected chi connectivity index (χ4v) is 2.65. The zero-order valence-corrected chi connectivity index (χ0v) is 14.5. The van der Waals surface area contributed by atoms with Crippen molar-refractivity contribution in [3.05, 3.63) is 6.33 Å². The zero-order chi connectivity index (χ0) is 18.8. The molecule has 0 aromatic carbocycles. The Morgan fingerprint density at radius 1 is 1.38 bits per heavy atom. The average Bonchev–Trinajstić information content (AvgIpc) is 3.14. The normalized spacial score (nSPS) is 26.4. The first-order chi connectivity index (χ1) is 12.4. The van der Waals surface area contributed by atoms with Gasteiger partial charge in [0.15, 0.2) is 17.7 Å². The third-order valence-corrected chi connectivity index (χ3v) is 4.07. The van der Waals surface area contributed by atoms with E-state index in [1.54, 1.807) is 6.21 Å². The highest BCUT2D eigenvalue weighted by Gasteiger charge is 2.44. The second kappa shape index (κ2) is 7.50. The summed E-state index contributed by atoms with van der Waals surface area (Å²) in [5, 5.41) is 33.4. The summed E-state index contributed by atoms with van der Waals surface area (Å²) in [6.07, 6.45) is -0.421. The highest BCUT2D eigenvalue weighted by atomic mass is 16.6. The van der Waals surface area contributed by atoms with E-state index in [0.717, 1.165) is 6.42 Å². The number of hydrogen-bond donors (Lipinski definition) is 5. The fraction of sp³-hybridized carbons (Fsp3) is 0.600. The third-order valence-electron chi connectivity index (χ3n) is 4.07. The molecule has 0 spiro atoms. The molecule has 0 amide bonds. The van der Waals surface area contributed by atoms with Crippen LogP contribution in [0.15, 0.2) is 11.4 Å². The van der Waals surface area contributed by atoms with Gasteiger partial charge in [0.25, 0.3) is 0 Å². The van der Waals surface area contributed by atoms with Gasteiger partial charge in [-0.1, -0.05) is 13.8 Å². The van der Waals surface area contributed by atoms with Crippen molar-refractivity contribution in [2.45, 2.75) is 44.8 Å². The number of imidazole rings is 1. The van der Waals surface area contributed by atoms with Gasteiger partial charge in [0, 0.05) is 6.21 Å². The van der Waals surface area contributed by atoms with Crippen molar-refractivity contribution in [2.24, 2.45) is 11.0 Å². The molecular weight excluding hydrogens is 342 g/mol. The number of fused-ring (bicyclic) bond motifs is 1. The first-order valence-electron chi connectivity index (χ1n) is 8.32. The molecule has 1 saturated heterocycles. The zero-order valence-electron chi connectivity index (χ0n) is 14.5. The number of aromatic nitrogens is 4. The van der Waals surface area contributed by atoms with Crippen molar-refractivity contribution < 1.29 is 20.1 Å². The SMILES string of the molecule is CC(C)C/C=N\Nc1nc(N)c2ncn(C3OC(CO)[C@@H](O)[C@H]3O)c2n1. The minimum atomic E-state index is -1.25.